The van der Waals surface area contributed by atoms with Gasteiger partial charge in [0.2, 0.25) is 5.91 Å². The topological polar surface area (TPSA) is 75.4 Å². The zero-order chi connectivity index (χ0) is 15.5. The molecule has 0 saturated heterocycles. The number of urea groups is 1. The summed E-state index contributed by atoms with van der Waals surface area (Å²) in [6.45, 7) is 1.29. The van der Waals surface area contributed by atoms with Gasteiger partial charge in [-0.3, -0.25) is 4.79 Å². The van der Waals surface area contributed by atoms with E-state index in [0.717, 1.165) is 30.4 Å². The van der Waals surface area contributed by atoms with Gasteiger partial charge in [0, 0.05) is 24.7 Å². The first kappa shape index (κ1) is 14.9. The van der Waals surface area contributed by atoms with E-state index >= 15 is 0 Å². The molecule has 2 aliphatic rings. The van der Waals surface area contributed by atoms with Gasteiger partial charge in [0.15, 0.2) is 0 Å². The maximum atomic E-state index is 12.4. The van der Waals surface area contributed by atoms with Crippen LogP contribution in [0.1, 0.15) is 53.6 Å². The Morgan fingerprint density at radius 3 is 2.64 bits per heavy atom. The van der Waals surface area contributed by atoms with E-state index in [4.69, 9.17) is 5.73 Å². The molecule has 3 N–H and O–H groups in total. The molecule has 5 heteroatoms. The molecule has 3 amide bonds. The van der Waals surface area contributed by atoms with Crippen LogP contribution in [0.4, 0.5) is 4.79 Å². The Labute approximate surface area is 130 Å². The van der Waals surface area contributed by atoms with Crippen LogP contribution in [0.25, 0.3) is 0 Å². The Morgan fingerprint density at radius 2 is 1.91 bits per heavy atom. The number of nitrogens with zero attached hydrogens (tertiary/aromatic N) is 1. The number of carbonyl (C=O) groups excluding carboxylic acids is 2. The zero-order valence-corrected chi connectivity index (χ0v) is 12.8. The summed E-state index contributed by atoms with van der Waals surface area (Å²) in [5.74, 6) is -0.403. The second-order valence-electron chi connectivity index (χ2n) is 6.30. The van der Waals surface area contributed by atoms with Gasteiger partial charge in [0.25, 0.3) is 0 Å². The lowest BCUT2D eigenvalue weighted by atomic mass is 9.95. The third-order valence-corrected chi connectivity index (χ3v) is 4.72. The molecule has 1 aliphatic heterocycles. The minimum Gasteiger partial charge on any atom is -0.366 e. The smallest absolute Gasteiger partial charge is 0.317 e. The standard InChI is InChI=1S/C17H23N3O2/c18-16(21)13-6-7-14-11-20(9-8-12(14)10-13)17(22)19-15-4-2-1-3-5-15/h6-7,10,15H,1-5,8-9,11H2,(H2,18,21)(H,19,22). The molecule has 0 bridgehead atoms. The third-order valence-electron chi connectivity index (χ3n) is 4.72. The van der Waals surface area contributed by atoms with Crippen LogP contribution in [0, 0.1) is 0 Å². The summed E-state index contributed by atoms with van der Waals surface area (Å²) < 4.78 is 0. The Hall–Kier alpha value is -2.04. The van der Waals surface area contributed by atoms with Crippen LogP contribution in [0.3, 0.4) is 0 Å². The van der Waals surface area contributed by atoms with Crippen LogP contribution in [0.15, 0.2) is 18.2 Å². The number of hydrogen-bond acceptors (Lipinski definition) is 2. The van der Waals surface area contributed by atoms with Crippen molar-refractivity contribution in [1.29, 1.82) is 0 Å². The number of amides is 3. The van der Waals surface area contributed by atoms with Crippen molar-refractivity contribution in [3.05, 3.63) is 34.9 Å². The van der Waals surface area contributed by atoms with Crippen molar-refractivity contribution in [1.82, 2.24) is 10.2 Å². The lowest BCUT2D eigenvalue weighted by Crippen LogP contribution is -2.47. The SMILES string of the molecule is NC(=O)c1ccc2c(c1)CCN(C(=O)NC1CCCCC1)C2. The van der Waals surface area contributed by atoms with Gasteiger partial charge in [0.05, 0.1) is 0 Å². The largest absolute Gasteiger partial charge is 0.366 e. The first-order valence-corrected chi connectivity index (χ1v) is 8.10. The van der Waals surface area contributed by atoms with Gasteiger partial charge in [-0.15, -0.1) is 0 Å². The predicted molar refractivity (Wildman–Crippen MR) is 84.5 cm³/mol. The summed E-state index contributed by atoms with van der Waals surface area (Å²) in [7, 11) is 0. The third kappa shape index (κ3) is 3.24. The predicted octanol–water partition coefficient (Wildman–Crippen LogP) is 2.19. The van der Waals surface area contributed by atoms with Crippen molar-refractivity contribution in [2.45, 2.75) is 51.1 Å². The highest BCUT2D eigenvalue weighted by Gasteiger charge is 2.24. The van der Waals surface area contributed by atoms with Gasteiger partial charge in [0.1, 0.15) is 0 Å². The Bertz CT molecular complexity index is 579. The molecule has 5 nitrogen and oxygen atoms in total. The highest BCUT2D eigenvalue weighted by Crippen LogP contribution is 2.22. The van der Waals surface area contributed by atoms with E-state index in [-0.39, 0.29) is 6.03 Å². The number of hydrogen-bond donors (Lipinski definition) is 2. The van der Waals surface area contributed by atoms with Crippen LogP contribution in [-0.2, 0) is 13.0 Å². The highest BCUT2D eigenvalue weighted by molar-refractivity contribution is 5.93. The Morgan fingerprint density at radius 1 is 1.14 bits per heavy atom. The summed E-state index contributed by atoms with van der Waals surface area (Å²) in [6.07, 6.45) is 6.67. The summed E-state index contributed by atoms with van der Waals surface area (Å²) in [5, 5.41) is 3.16. The van der Waals surface area contributed by atoms with Crippen LogP contribution >= 0.6 is 0 Å². The monoisotopic (exact) mass is 301 g/mol. The summed E-state index contributed by atoms with van der Waals surface area (Å²) in [4.78, 5) is 25.5. The average Bonchev–Trinajstić information content (AvgIpc) is 2.54. The van der Waals surface area contributed by atoms with Crippen molar-refractivity contribution < 1.29 is 9.59 Å². The molecule has 0 spiro atoms. The first-order chi connectivity index (χ1) is 10.6. The molecule has 1 aromatic carbocycles. The van der Waals surface area contributed by atoms with E-state index in [1.807, 2.05) is 17.0 Å². The van der Waals surface area contributed by atoms with Gasteiger partial charge >= 0.3 is 6.03 Å². The Kier molecular flexibility index (Phi) is 4.32. The molecule has 118 valence electrons. The maximum Gasteiger partial charge on any atom is 0.317 e. The van der Waals surface area contributed by atoms with Crippen LogP contribution in [0.5, 0.6) is 0 Å². The van der Waals surface area contributed by atoms with Crippen molar-refractivity contribution >= 4 is 11.9 Å². The van der Waals surface area contributed by atoms with E-state index in [9.17, 15) is 9.59 Å². The van der Waals surface area contributed by atoms with Crippen LogP contribution in [0.2, 0.25) is 0 Å². The van der Waals surface area contributed by atoms with Gasteiger partial charge < -0.3 is 16.0 Å². The van der Waals surface area contributed by atoms with Crippen molar-refractivity contribution in [2.75, 3.05) is 6.54 Å². The summed E-state index contributed by atoms with van der Waals surface area (Å²) in [6, 6.07) is 5.88. The molecule has 1 saturated carbocycles. The minimum absolute atomic E-state index is 0.0385. The molecule has 22 heavy (non-hydrogen) atoms. The quantitative estimate of drug-likeness (QED) is 0.878. The fourth-order valence-corrected chi connectivity index (χ4v) is 3.39. The van der Waals surface area contributed by atoms with Crippen molar-refractivity contribution in [3.8, 4) is 0 Å². The van der Waals surface area contributed by atoms with E-state index in [1.54, 1.807) is 6.07 Å². The fraction of sp³-hybridized carbons (Fsp3) is 0.529. The first-order valence-electron chi connectivity index (χ1n) is 8.10. The van der Waals surface area contributed by atoms with Crippen LogP contribution < -0.4 is 11.1 Å². The lowest BCUT2D eigenvalue weighted by Gasteiger charge is -2.32. The molecule has 1 fully saturated rings. The molecule has 1 heterocycles. The van der Waals surface area contributed by atoms with E-state index in [1.165, 1.54) is 19.3 Å². The second-order valence-corrected chi connectivity index (χ2v) is 6.30. The molecule has 0 radical (unpaired) electrons. The fourth-order valence-electron chi connectivity index (χ4n) is 3.39. The van der Waals surface area contributed by atoms with Gasteiger partial charge in [-0.1, -0.05) is 25.3 Å². The van der Waals surface area contributed by atoms with Gasteiger partial charge in [-0.25, -0.2) is 4.79 Å². The van der Waals surface area contributed by atoms with E-state index in [2.05, 4.69) is 5.32 Å². The molecular formula is C17H23N3O2. The number of fused-ring (bicyclic) bond motifs is 1. The molecule has 1 aromatic rings. The Balaban J connectivity index is 1.63. The molecule has 3 rings (SSSR count). The van der Waals surface area contributed by atoms with E-state index < -0.39 is 5.91 Å². The number of carbonyl (C=O) groups is 2. The van der Waals surface area contributed by atoms with E-state index in [0.29, 0.717) is 24.7 Å². The van der Waals surface area contributed by atoms with Crippen molar-refractivity contribution in [2.24, 2.45) is 5.73 Å². The number of rotatable bonds is 2. The molecule has 1 aliphatic carbocycles. The molecule has 0 atom stereocenters. The summed E-state index contributed by atoms with van der Waals surface area (Å²) >= 11 is 0. The maximum absolute atomic E-state index is 12.4. The number of benzene rings is 1. The number of nitrogens with one attached hydrogen (secondary N) is 1. The van der Waals surface area contributed by atoms with Gasteiger partial charge in [-0.05, 0) is 42.5 Å². The summed E-state index contributed by atoms with van der Waals surface area (Å²) in [5.41, 5.74) is 8.08. The van der Waals surface area contributed by atoms with Crippen molar-refractivity contribution in [3.63, 3.8) is 0 Å². The van der Waals surface area contributed by atoms with Gasteiger partial charge in [-0.2, -0.15) is 0 Å². The average molecular weight is 301 g/mol. The zero-order valence-electron chi connectivity index (χ0n) is 12.8. The normalized spacial score (nSPS) is 18.6. The second kappa shape index (κ2) is 6.38. The lowest BCUT2D eigenvalue weighted by molar-refractivity contribution is 0.1000. The number of nitrogens with two attached hydrogens (primary N) is 1. The number of primary amides is 1. The molecular weight excluding hydrogens is 278 g/mol. The highest BCUT2D eigenvalue weighted by atomic mass is 16.2. The van der Waals surface area contributed by atoms with Crippen LogP contribution in [-0.4, -0.2) is 29.4 Å². The molecule has 0 unspecified atom stereocenters. The minimum atomic E-state index is -0.403. The molecule has 0 aromatic heterocycles.